The van der Waals surface area contributed by atoms with Crippen molar-refractivity contribution in [1.82, 2.24) is 9.62 Å². The van der Waals surface area contributed by atoms with Gasteiger partial charge in [-0.2, -0.15) is 8.42 Å². The molecule has 1 aromatic rings. The Morgan fingerprint density at radius 2 is 2.15 bits per heavy atom. The Hall–Kier alpha value is -2.06. The zero-order chi connectivity index (χ0) is 19.5. The number of carbonyl (C=O) groups is 2. The fraction of sp³-hybridized carbons (Fsp3) is 0.462. The first-order valence-electron chi connectivity index (χ1n) is 7.50. The molecule has 2 amide bonds. The second-order valence-electron chi connectivity index (χ2n) is 5.42. The molecular formula is C13H19N5O6S2. The fourth-order valence-corrected chi connectivity index (χ4v) is 3.82. The Balaban J connectivity index is 2.16. The number of nitrogens with one attached hydrogen (secondary N) is 1. The monoisotopic (exact) mass is 405 g/mol. The molecule has 0 aliphatic carbocycles. The second kappa shape index (κ2) is 8.09. The molecule has 26 heavy (non-hydrogen) atoms. The van der Waals surface area contributed by atoms with Crippen molar-refractivity contribution in [3.8, 4) is 0 Å². The first-order valence-corrected chi connectivity index (χ1v) is 9.77. The first kappa shape index (κ1) is 20.3. The van der Waals surface area contributed by atoms with E-state index in [9.17, 15) is 18.0 Å². The van der Waals surface area contributed by atoms with Crippen LogP contribution in [0.2, 0.25) is 0 Å². The average molecular weight is 405 g/mol. The lowest BCUT2D eigenvalue weighted by atomic mass is 10.0. The number of carbonyl (C=O) groups excluding carboxylic acids is 2. The summed E-state index contributed by atoms with van der Waals surface area (Å²) in [5, 5.41) is 7.91. The molecule has 2 heterocycles. The van der Waals surface area contributed by atoms with Crippen LogP contribution in [0.5, 0.6) is 0 Å². The van der Waals surface area contributed by atoms with E-state index in [0.29, 0.717) is 4.88 Å². The van der Waals surface area contributed by atoms with Crippen LogP contribution in [0.25, 0.3) is 0 Å². The number of nitrogens with zero attached hydrogens (tertiary/aromatic N) is 2. The zero-order valence-corrected chi connectivity index (χ0v) is 15.4. The molecule has 0 bridgehead atoms. The van der Waals surface area contributed by atoms with E-state index in [-0.39, 0.29) is 23.1 Å². The highest BCUT2D eigenvalue weighted by Gasteiger charge is 2.51. The molecule has 0 radical (unpaired) electrons. The van der Waals surface area contributed by atoms with Gasteiger partial charge in [0.25, 0.3) is 11.8 Å². The van der Waals surface area contributed by atoms with Gasteiger partial charge in [-0.05, 0) is 18.4 Å². The van der Waals surface area contributed by atoms with E-state index in [0.717, 1.165) is 0 Å². The molecule has 1 aliphatic heterocycles. The van der Waals surface area contributed by atoms with E-state index in [2.05, 4.69) is 10.5 Å². The molecule has 13 heteroatoms. The SMILES string of the molecule is C[C@H]1[C@H](NC(=O)C(=NOC(CN)CN)c2cccs2)C(=O)N1S(=O)(=O)O. The van der Waals surface area contributed by atoms with Crippen molar-refractivity contribution >= 4 is 39.2 Å². The third-order valence-corrected chi connectivity index (χ3v) is 5.55. The van der Waals surface area contributed by atoms with Crippen molar-refractivity contribution in [2.24, 2.45) is 16.6 Å². The van der Waals surface area contributed by atoms with Crippen LogP contribution in [0.4, 0.5) is 0 Å². The second-order valence-corrected chi connectivity index (χ2v) is 7.66. The van der Waals surface area contributed by atoms with Gasteiger partial charge >= 0.3 is 10.3 Å². The minimum atomic E-state index is -4.67. The highest BCUT2D eigenvalue weighted by Crippen LogP contribution is 2.23. The third-order valence-electron chi connectivity index (χ3n) is 3.66. The molecule has 1 aromatic heterocycles. The highest BCUT2D eigenvalue weighted by molar-refractivity contribution is 7.84. The van der Waals surface area contributed by atoms with Gasteiger partial charge in [0.05, 0.1) is 10.9 Å². The van der Waals surface area contributed by atoms with Crippen LogP contribution in [-0.2, 0) is 24.7 Å². The van der Waals surface area contributed by atoms with Crippen molar-refractivity contribution in [2.75, 3.05) is 13.1 Å². The van der Waals surface area contributed by atoms with E-state index in [1.54, 1.807) is 17.5 Å². The minimum absolute atomic E-state index is 0.0980. The molecule has 6 N–H and O–H groups in total. The van der Waals surface area contributed by atoms with Crippen molar-refractivity contribution in [1.29, 1.82) is 0 Å². The molecule has 1 fully saturated rings. The Bertz CT molecular complexity index is 790. The molecule has 11 nitrogen and oxygen atoms in total. The standard InChI is InChI=1S/C13H19N5O6S2/c1-7-10(13(20)18(7)26(21,22)23)16-12(19)11(9-3-2-4-25-9)17-24-8(5-14)6-15/h2-4,7-8,10H,5-6,14-15H2,1H3,(H,16,19)(H,21,22,23)/t7-,10-/m0/s1. The van der Waals surface area contributed by atoms with Crippen LogP contribution in [0.1, 0.15) is 11.8 Å². The van der Waals surface area contributed by atoms with Crippen LogP contribution < -0.4 is 16.8 Å². The zero-order valence-electron chi connectivity index (χ0n) is 13.7. The van der Waals surface area contributed by atoms with E-state index in [1.807, 2.05) is 0 Å². The molecule has 1 saturated heterocycles. The maximum absolute atomic E-state index is 12.5. The van der Waals surface area contributed by atoms with Gasteiger partial charge in [0.15, 0.2) is 11.8 Å². The van der Waals surface area contributed by atoms with Crippen LogP contribution in [-0.4, -0.2) is 66.1 Å². The maximum Gasteiger partial charge on any atom is 0.362 e. The number of hydrogen-bond acceptors (Lipinski definition) is 9. The summed E-state index contributed by atoms with van der Waals surface area (Å²) < 4.78 is 31.5. The van der Waals surface area contributed by atoms with E-state index in [1.165, 1.54) is 18.3 Å². The summed E-state index contributed by atoms with van der Waals surface area (Å²) in [5.74, 6) is -1.68. The van der Waals surface area contributed by atoms with Gasteiger partial charge in [-0.3, -0.25) is 14.1 Å². The number of oxime groups is 1. The Morgan fingerprint density at radius 3 is 2.62 bits per heavy atom. The van der Waals surface area contributed by atoms with Crippen molar-refractivity contribution in [3.63, 3.8) is 0 Å². The quantitative estimate of drug-likeness (QED) is 0.171. The summed E-state index contributed by atoms with van der Waals surface area (Å²) in [6, 6.07) is 1.27. The van der Waals surface area contributed by atoms with Gasteiger partial charge in [0.1, 0.15) is 6.04 Å². The van der Waals surface area contributed by atoms with Crippen LogP contribution in [0.3, 0.4) is 0 Å². The number of β-lactam (4-membered cyclic amide) rings is 1. The van der Waals surface area contributed by atoms with Gasteiger partial charge in [-0.15, -0.1) is 11.3 Å². The van der Waals surface area contributed by atoms with E-state index in [4.69, 9.17) is 20.9 Å². The van der Waals surface area contributed by atoms with E-state index >= 15 is 0 Å². The molecule has 1 aliphatic rings. The number of amides is 2. The molecule has 2 rings (SSSR count). The van der Waals surface area contributed by atoms with Gasteiger partial charge in [-0.1, -0.05) is 11.2 Å². The van der Waals surface area contributed by atoms with Crippen LogP contribution >= 0.6 is 11.3 Å². The van der Waals surface area contributed by atoms with Crippen molar-refractivity contribution in [3.05, 3.63) is 22.4 Å². The largest absolute Gasteiger partial charge is 0.389 e. The fourth-order valence-electron chi connectivity index (χ4n) is 2.23. The molecule has 2 atom stereocenters. The molecular weight excluding hydrogens is 386 g/mol. The summed E-state index contributed by atoms with van der Waals surface area (Å²) in [6.07, 6.45) is -0.586. The molecule has 0 aromatic carbocycles. The Labute approximate surface area is 153 Å². The summed E-state index contributed by atoms with van der Waals surface area (Å²) >= 11 is 1.22. The lowest BCUT2D eigenvalue weighted by molar-refractivity contribution is -0.143. The average Bonchev–Trinajstić information content (AvgIpc) is 3.09. The summed E-state index contributed by atoms with van der Waals surface area (Å²) in [7, 11) is -4.67. The predicted molar refractivity (Wildman–Crippen MR) is 93.6 cm³/mol. The third kappa shape index (κ3) is 4.19. The summed E-state index contributed by atoms with van der Waals surface area (Å²) in [4.78, 5) is 30.0. The van der Waals surface area contributed by atoms with Crippen molar-refractivity contribution in [2.45, 2.75) is 25.1 Å². The molecule has 0 spiro atoms. The normalized spacial score (nSPS) is 20.9. The lowest BCUT2D eigenvalue weighted by Crippen LogP contribution is -2.71. The van der Waals surface area contributed by atoms with Gasteiger partial charge in [0.2, 0.25) is 0 Å². The number of rotatable bonds is 8. The Morgan fingerprint density at radius 1 is 1.50 bits per heavy atom. The molecule has 144 valence electrons. The van der Waals surface area contributed by atoms with Gasteiger partial charge in [0, 0.05) is 13.1 Å². The minimum Gasteiger partial charge on any atom is -0.389 e. The highest BCUT2D eigenvalue weighted by atomic mass is 32.2. The molecule has 0 unspecified atom stereocenters. The summed E-state index contributed by atoms with van der Waals surface area (Å²) in [6.45, 7) is 1.57. The van der Waals surface area contributed by atoms with Crippen molar-refractivity contribution < 1.29 is 27.4 Å². The number of nitrogens with two attached hydrogens (primary N) is 2. The lowest BCUT2D eigenvalue weighted by Gasteiger charge is -2.42. The number of thiophene rings is 1. The topological polar surface area (TPSA) is 177 Å². The predicted octanol–water partition coefficient (Wildman–Crippen LogP) is -1.73. The van der Waals surface area contributed by atoms with Gasteiger partial charge < -0.3 is 21.6 Å². The van der Waals surface area contributed by atoms with Crippen LogP contribution in [0, 0.1) is 0 Å². The van der Waals surface area contributed by atoms with Gasteiger partial charge in [-0.25, -0.2) is 4.31 Å². The maximum atomic E-state index is 12.5. The smallest absolute Gasteiger partial charge is 0.362 e. The number of hydrogen-bond donors (Lipinski definition) is 4. The summed E-state index contributed by atoms with van der Waals surface area (Å²) in [5.41, 5.74) is 10.8. The van der Waals surface area contributed by atoms with E-state index < -0.39 is 40.3 Å². The Kier molecular flexibility index (Phi) is 6.30. The molecule has 0 saturated carbocycles. The first-order chi connectivity index (χ1) is 12.2. The van der Waals surface area contributed by atoms with Crippen LogP contribution in [0.15, 0.2) is 22.7 Å².